The van der Waals surface area contributed by atoms with Gasteiger partial charge in [-0.05, 0) is 12.5 Å². The average molecular weight is 153 g/mol. The molecular formula is C6H7N3O2. The third kappa shape index (κ3) is 1.61. The van der Waals surface area contributed by atoms with Gasteiger partial charge in [-0.15, -0.1) is 0 Å². The van der Waals surface area contributed by atoms with Gasteiger partial charge in [0.15, 0.2) is 6.19 Å². The van der Waals surface area contributed by atoms with E-state index in [2.05, 4.69) is 5.32 Å². The molecule has 0 unspecified atom stereocenters. The van der Waals surface area contributed by atoms with Crippen LogP contribution in [0.3, 0.4) is 0 Å². The minimum atomic E-state index is -1.14. The highest BCUT2D eigenvalue weighted by Crippen LogP contribution is 2.09. The molecule has 1 amide bonds. The van der Waals surface area contributed by atoms with E-state index in [9.17, 15) is 4.79 Å². The number of rotatable bonds is 1. The molecule has 0 aromatic rings. The predicted octanol–water partition coefficient (Wildman–Crippen LogP) is 0.282. The zero-order chi connectivity index (χ0) is 8.27. The van der Waals surface area contributed by atoms with E-state index >= 15 is 0 Å². The molecule has 2 N–H and O–H groups in total. The van der Waals surface area contributed by atoms with Crippen LogP contribution >= 0.6 is 0 Å². The van der Waals surface area contributed by atoms with Gasteiger partial charge in [0.25, 0.3) is 0 Å². The van der Waals surface area contributed by atoms with Crippen LogP contribution in [0.1, 0.15) is 6.42 Å². The highest BCUT2D eigenvalue weighted by atomic mass is 16.4. The second-order valence-electron chi connectivity index (χ2n) is 2.06. The lowest BCUT2D eigenvalue weighted by molar-refractivity contribution is 0.195. The Morgan fingerprint density at radius 1 is 1.91 bits per heavy atom. The van der Waals surface area contributed by atoms with Crippen molar-refractivity contribution in [2.24, 2.45) is 0 Å². The molecule has 0 saturated carbocycles. The van der Waals surface area contributed by atoms with Crippen molar-refractivity contribution >= 4 is 6.09 Å². The highest BCUT2D eigenvalue weighted by Gasteiger charge is 2.15. The minimum absolute atomic E-state index is 0.361. The Bertz CT molecular complexity index is 241. The number of carboxylic acid groups (broad SMARTS) is 1. The molecule has 1 heterocycles. The smallest absolute Gasteiger partial charge is 0.410 e. The Morgan fingerprint density at radius 2 is 2.64 bits per heavy atom. The topological polar surface area (TPSA) is 76.4 Å². The van der Waals surface area contributed by atoms with E-state index in [1.54, 1.807) is 6.08 Å². The Morgan fingerprint density at radius 3 is 3.18 bits per heavy atom. The van der Waals surface area contributed by atoms with Gasteiger partial charge in [0.05, 0.1) is 0 Å². The average Bonchev–Trinajstić information content (AvgIpc) is 2.34. The van der Waals surface area contributed by atoms with E-state index in [0.717, 1.165) is 0 Å². The number of nitriles is 1. The summed E-state index contributed by atoms with van der Waals surface area (Å²) in [5.74, 6) is 0.361. The van der Waals surface area contributed by atoms with Crippen molar-refractivity contribution in [1.82, 2.24) is 10.2 Å². The number of hydrogen-bond acceptors (Lipinski definition) is 3. The third-order valence-electron chi connectivity index (χ3n) is 1.34. The van der Waals surface area contributed by atoms with Crippen molar-refractivity contribution in [1.29, 1.82) is 5.26 Å². The number of carbonyl (C=O) groups is 1. The van der Waals surface area contributed by atoms with E-state index in [1.807, 2.05) is 6.19 Å². The van der Waals surface area contributed by atoms with Gasteiger partial charge in [-0.3, -0.25) is 10.2 Å². The first-order valence-corrected chi connectivity index (χ1v) is 3.11. The van der Waals surface area contributed by atoms with Crippen molar-refractivity contribution in [3.63, 3.8) is 0 Å². The van der Waals surface area contributed by atoms with Gasteiger partial charge < -0.3 is 5.11 Å². The van der Waals surface area contributed by atoms with Crippen LogP contribution in [0.5, 0.6) is 0 Å². The zero-order valence-corrected chi connectivity index (χ0v) is 5.74. The lowest BCUT2D eigenvalue weighted by Crippen LogP contribution is -2.28. The Hall–Kier alpha value is -1.70. The molecule has 0 atom stereocenters. The standard InChI is InChI=1S/C6H7N3O2/c7-4-9-3-1-2-5(9)8-6(10)11/h2,8H,1,3H2,(H,10,11). The van der Waals surface area contributed by atoms with Crippen molar-refractivity contribution in [2.45, 2.75) is 6.42 Å². The second-order valence-corrected chi connectivity index (χ2v) is 2.06. The minimum Gasteiger partial charge on any atom is -0.465 e. The lowest BCUT2D eigenvalue weighted by atomic mass is 10.5. The molecule has 1 rings (SSSR count). The normalized spacial score (nSPS) is 15.5. The second kappa shape index (κ2) is 2.92. The molecule has 0 aliphatic carbocycles. The molecular weight excluding hydrogens is 146 g/mol. The van der Waals surface area contributed by atoms with E-state index in [4.69, 9.17) is 10.4 Å². The van der Waals surface area contributed by atoms with Crippen LogP contribution in [0.2, 0.25) is 0 Å². The largest absolute Gasteiger partial charge is 0.465 e. The summed E-state index contributed by atoms with van der Waals surface area (Å²) in [6, 6.07) is 0. The van der Waals surface area contributed by atoms with E-state index < -0.39 is 6.09 Å². The SMILES string of the molecule is N#CN1CCC=C1NC(=O)O. The molecule has 5 nitrogen and oxygen atoms in total. The summed E-state index contributed by atoms with van der Waals surface area (Å²) in [6.07, 6.45) is 3.11. The van der Waals surface area contributed by atoms with Crippen LogP contribution in [0.15, 0.2) is 11.9 Å². The Kier molecular flexibility index (Phi) is 1.97. The van der Waals surface area contributed by atoms with Gasteiger partial charge in [-0.2, -0.15) is 5.26 Å². The number of hydrogen-bond donors (Lipinski definition) is 2. The van der Waals surface area contributed by atoms with Crippen molar-refractivity contribution in [3.8, 4) is 6.19 Å². The first-order chi connectivity index (χ1) is 5.24. The molecule has 0 spiro atoms. The van der Waals surface area contributed by atoms with E-state index in [-0.39, 0.29) is 0 Å². The molecule has 1 aliphatic rings. The van der Waals surface area contributed by atoms with Gasteiger partial charge in [-0.25, -0.2) is 4.79 Å². The first kappa shape index (κ1) is 7.41. The monoisotopic (exact) mass is 153 g/mol. The van der Waals surface area contributed by atoms with Crippen LogP contribution in [0, 0.1) is 11.5 Å². The molecule has 0 aromatic carbocycles. The summed E-state index contributed by atoms with van der Waals surface area (Å²) in [4.78, 5) is 11.4. The molecule has 0 aromatic heterocycles. The lowest BCUT2D eigenvalue weighted by Gasteiger charge is -2.10. The summed E-state index contributed by atoms with van der Waals surface area (Å²) in [5, 5.41) is 18.9. The molecule has 58 valence electrons. The maximum Gasteiger partial charge on any atom is 0.410 e. The van der Waals surface area contributed by atoms with E-state index in [1.165, 1.54) is 4.90 Å². The number of nitrogens with one attached hydrogen (secondary N) is 1. The summed E-state index contributed by atoms with van der Waals surface area (Å²) >= 11 is 0. The van der Waals surface area contributed by atoms with E-state index in [0.29, 0.717) is 18.8 Å². The molecule has 0 saturated heterocycles. The number of nitrogens with zero attached hydrogens (tertiary/aromatic N) is 2. The molecule has 0 bridgehead atoms. The fourth-order valence-electron chi connectivity index (χ4n) is 0.893. The maximum absolute atomic E-state index is 10.1. The Balaban J connectivity index is 2.58. The molecule has 0 fully saturated rings. The van der Waals surface area contributed by atoms with Crippen molar-refractivity contribution in [3.05, 3.63) is 11.9 Å². The fourth-order valence-corrected chi connectivity index (χ4v) is 0.893. The van der Waals surface area contributed by atoms with Gasteiger partial charge in [-0.1, -0.05) is 0 Å². The quantitative estimate of drug-likeness (QED) is 0.530. The first-order valence-electron chi connectivity index (χ1n) is 3.11. The van der Waals surface area contributed by atoms with Gasteiger partial charge in [0.2, 0.25) is 0 Å². The molecule has 5 heteroatoms. The molecule has 0 radical (unpaired) electrons. The van der Waals surface area contributed by atoms with Crippen LogP contribution in [-0.2, 0) is 0 Å². The predicted molar refractivity (Wildman–Crippen MR) is 36.2 cm³/mol. The third-order valence-corrected chi connectivity index (χ3v) is 1.34. The zero-order valence-electron chi connectivity index (χ0n) is 5.74. The molecule has 1 aliphatic heterocycles. The van der Waals surface area contributed by atoms with Gasteiger partial charge in [0, 0.05) is 6.54 Å². The Labute approximate surface area is 63.5 Å². The van der Waals surface area contributed by atoms with Crippen LogP contribution in [-0.4, -0.2) is 22.6 Å². The summed E-state index contributed by atoms with van der Waals surface area (Å²) < 4.78 is 0. The number of amides is 1. The van der Waals surface area contributed by atoms with Crippen LogP contribution in [0.25, 0.3) is 0 Å². The summed E-state index contributed by atoms with van der Waals surface area (Å²) in [5.41, 5.74) is 0. The summed E-state index contributed by atoms with van der Waals surface area (Å²) in [6.45, 7) is 0.562. The van der Waals surface area contributed by atoms with Gasteiger partial charge in [0.1, 0.15) is 5.82 Å². The van der Waals surface area contributed by atoms with Gasteiger partial charge >= 0.3 is 6.09 Å². The summed E-state index contributed by atoms with van der Waals surface area (Å²) in [7, 11) is 0. The van der Waals surface area contributed by atoms with Crippen molar-refractivity contribution < 1.29 is 9.90 Å². The highest BCUT2D eigenvalue weighted by molar-refractivity contribution is 5.67. The van der Waals surface area contributed by atoms with Crippen LogP contribution < -0.4 is 5.32 Å². The fraction of sp³-hybridized carbons (Fsp3) is 0.333. The molecule has 11 heavy (non-hydrogen) atoms. The van der Waals surface area contributed by atoms with Crippen molar-refractivity contribution in [2.75, 3.05) is 6.54 Å². The maximum atomic E-state index is 10.1. The van der Waals surface area contributed by atoms with Crippen LogP contribution in [0.4, 0.5) is 4.79 Å².